The summed E-state index contributed by atoms with van der Waals surface area (Å²) in [7, 11) is 1.95. The van der Waals surface area contributed by atoms with Gasteiger partial charge in [0.05, 0.1) is 0 Å². The average molecular weight is 226 g/mol. The number of rotatable bonds is 3. The van der Waals surface area contributed by atoms with Crippen LogP contribution in [0.4, 0.5) is 8.78 Å². The molecule has 1 atom stereocenters. The summed E-state index contributed by atoms with van der Waals surface area (Å²) >= 11 is 0. The zero-order valence-electron chi connectivity index (χ0n) is 9.34. The van der Waals surface area contributed by atoms with Crippen molar-refractivity contribution in [2.45, 2.75) is 19.0 Å². The molecular formula is C12H16F2N2. The van der Waals surface area contributed by atoms with Crippen LogP contribution < -0.4 is 5.32 Å². The van der Waals surface area contributed by atoms with E-state index in [1.165, 1.54) is 0 Å². The van der Waals surface area contributed by atoms with Gasteiger partial charge in [-0.3, -0.25) is 4.90 Å². The summed E-state index contributed by atoms with van der Waals surface area (Å²) in [5.74, 6) is -1.49. The van der Waals surface area contributed by atoms with Crippen molar-refractivity contribution in [1.29, 1.82) is 0 Å². The molecule has 4 heteroatoms. The van der Waals surface area contributed by atoms with E-state index in [-0.39, 0.29) is 0 Å². The lowest BCUT2D eigenvalue weighted by Crippen LogP contribution is -2.33. The van der Waals surface area contributed by atoms with Gasteiger partial charge >= 0.3 is 0 Å². The van der Waals surface area contributed by atoms with Gasteiger partial charge in [0.2, 0.25) is 0 Å². The Morgan fingerprint density at radius 2 is 2.25 bits per heavy atom. The van der Waals surface area contributed by atoms with Crippen LogP contribution in [0.3, 0.4) is 0 Å². The fourth-order valence-electron chi connectivity index (χ4n) is 2.08. The van der Waals surface area contributed by atoms with Crippen molar-refractivity contribution in [3.05, 3.63) is 35.4 Å². The third-order valence-electron chi connectivity index (χ3n) is 3.11. The molecule has 1 aliphatic heterocycles. The van der Waals surface area contributed by atoms with Crippen LogP contribution in [-0.2, 0) is 6.54 Å². The maximum atomic E-state index is 13.4. The molecule has 2 nitrogen and oxygen atoms in total. The highest BCUT2D eigenvalue weighted by Crippen LogP contribution is 2.15. The lowest BCUT2D eigenvalue weighted by molar-refractivity contribution is 0.244. The van der Waals surface area contributed by atoms with Gasteiger partial charge in [0.1, 0.15) is 0 Å². The van der Waals surface area contributed by atoms with Crippen molar-refractivity contribution < 1.29 is 8.78 Å². The number of halogens is 2. The molecule has 1 fully saturated rings. The molecule has 2 rings (SSSR count). The first-order chi connectivity index (χ1) is 7.68. The van der Waals surface area contributed by atoms with E-state index in [4.69, 9.17) is 0 Å². The topological polar surface area (TPSA) is 15.3 Å². The van der Waals surface area contributed by atoms with Crippen LogP contribution in [0, 0.1) is 11.6 Å². The summed E-state index contributed by atoms with van der Waals surface area (Å²) in [4.78, 5) is 2.07. The zero-order chi connectivity index (χ0) is 11.5. The summed E-state index contributed by atoms with van der Waals surface area (Å²) in [6, 6.07) is 4.75. The molecular weight excluding hydrogens is 210 g/mol. The summed E-state index contributed by atoms with van der Waals surface area (Å²) in [5, 5.41) is 3.26. The molecule has 0 saturated carbocycles. The Balaban J connectivity index is 2.05. The Hall–Kier alpha value is -1.00. The minimum Gasteiger partial charge on any atom is -0.315 e. The molecule has 16 heavy (non-hydrogen) atoms. The minimum absolute atomic E-state index is 0.419. The molecule has 1 heterocycles. The van der Waals surface area contributed by atoms with E-state index in [1.54, 1.807) is 12.1 Å². The van der Waals surface area contributed by atoms with E-state index in [2.05, 4.69) is 10.2 Å². The molecule has 0 aliphatic carbocycles. The molecule has 1 unspecified atom stereocenters. The van der Waals surface area contributed by atoms with Gasteiger partial charge in [0.25, 0.3) is 0 Å². The van der Waals surface area contributed by atoms with Gasteiger partial charge in [-0.05, 0) is 26.1 Å². The second-order valence-electron chi connectivity index (χ2n) is 4.27. The fourth-order valence-corrected chi connectivity index (χ4v) is 2.08. The van der Waals surface area contributed by atoms with Crippen LogP contribution in [0.1, 0.15) is 12.0 Å². The molecule has 1 saturated heterocycles. The van der Waals surface area contributed by atoms with Crippen LogP contribution in [0.5, 0.6) is 0 Å². The third-order valence-corrected chi connectivity index (χ3v) is 3.11. The number of nitrogens with one attached hydrogen (secondary N) is 1. The van der Waals surface area contributed by atoms with Crippen molar-refractivity contribution in [2.24, 2.45) is 0 Å². The second kappa shape index (κ2) is 4.89. The smallest absolute Gasteiger partial charge is 0.163 e. The van der Waals surface area contributed by atoms with Gasteiger partial charge in [-0.1, -0.05) is 12.1 Å². The molecule has 1 aromatic rings. The largest absolute Gasteiger partial charge is 0.315 e. The molecule has 1 aliphatic rings. The summed E-state index contributed by atoms with van der Waals surface area (Å²) in [6.45, 7) is 2.38. The van der Waals surface area contributed by atoms with Crippen LogP contribution in [0.2, 0.25) is 0 Å². The van der Waals surface area contributed by atoms with Crippen LogP contribution in [-0.4, -0.2) is 31.1 Å². The van der Waals surface area contributed by atoms with Crippen LogP contribution >= 0.6 is 0 Å². The molecule has 0 aromatic heterocycles. The van der Waals surface area contributed by atoms with Crippen molar-refractivity contribution in [3.8, 4) is 0 Å². The normalized spacial score (nSPS) is 20.6. The molecule has 1 aromatic carbocycles. The van der Waals surface area contributed by atoms with E-state index in [1.807, 2.05) is 7.05 Å². The van der Waals surface area contributed by atoms with Gasteiger partial charge < -0.3 is 5.32 Å². The highest BCUT2D eigenvalue weighted by atomic mass is 19.2. The third kappa shape index (κ3) is 2.39. The van der Waals surface area contributed by atoms with Crippen molar-refractivity contribution >= 4 is 0 Å². The highest BCUT2D eigenvalue weighted by Gasteiger charge is 2.20. The quantitative estimate of drug-likeness (QED) is 0.844. The number of benzene rings is 1. The summed E-state index contributed by atoms with van der Waals surface area (Å²) in [6.07, 6.45) is 1.06. The number of hydrogen-bond acceptors (Lipinski definition) is 2. The van der Waals surface area contributed by atoms with Gasteiger partial charge in [0.15, 0.2) is 11.6 Å². The van der Waals surface area contributed by atoms with Crippen LogP contribution in [0.15, 0.2) is 18.2 Å². The zero-order valence-corrected chi connectivity index (χ0v) is 9.34. The molecule has 1 N–H and O–H groups in total. The molecule has 0 radical (unpaired) electrons. The number of nitrogens with zero attached hydrogens (tertiary/aromatic N) is 1. The summed E-state index contributed by atoms with van der Waals surface area (Å²) < 4.78 is 26.4. The van der Waals surface area contributed by atoms with Gasteiger partial charge in [-0.2, -0.15) is 0 Å². The Bertz CT molecular complexity index is 362. The Labute approximate surface area is 94.3 Å². The highest BCUT2D eigenvalue weighted by molar-refractivity contribution is 5.18. The molecule has 0 amide bonds. The molecule has 0 bridgehead atoms. The van der Waals surface area contributed by atoms with Crippen molar-refractivity contribution in [3.63, 3.8) is 0 Å². The van der Waals surface area contributed by atoms with E-state index in [0.29, 0.717) is 18.2 Å². The summed E-state index contributed by atoms with van der Waals surface area (Å²) in [5.41, 5.74) is 0.425. The van der Waals surface area contributed by atoms with E-state index in [0.717, 1.165) is 25.6 Å². The van der Waals surface area contributed by atoms with Gasteiger partial charge in [-0.15, -0.1) is 0 Å². The Morgan fingerprint density at radius 1 is 1.44 bits per heavy atom. The maximum absolute atomic E-state index is 13.4. The number of likely N-dealkylation sites (N-methyl/N-ethyl adjacent to an activating group) is 1. The lowest BCUT2D eigenvalue weighted by atomic mass is 10.1. The van der Waals surface area contributed by atoms with E-state index in [9.17, 15) is 8.78 Å². The fraction of sp³-hybridized carbons (Fsp3) is 0.500. The average Bonchev–Trinajstić information content (AvgIpc) is 2.78. The van der Waals surface area contributed by atoms with Crippen LogP contribution in [0.25, 0.3) is 0 Å². The maximum Gasteiger partial charge on any atom is 0.163 e. The first-order valence-corrected chi connectivity index (χ1v) is 5.52. The van der Waals surface area contributed by atoms with Crippen molar-refractivity contribution in [2.75, 3.05) is 20.1 Å². The molecule has 88 valence electrons. The monoisotopic (exact) mass is 226 g/mol. The lowest BCUT2D eigenvalue weighted by Gasteiger charge is -2.23. The number of hydrogen-bond donors (Lipinski definition) is 1. The van der Waals surface area contributed by atoms with Gasteiger partial charge in [-0.25, -0.2) is 8.78 Å². The predicted molar refractivity (Wildman–Crippen MR) is 59.1 cm³/mol. The van der Waals surface area contributed by atoms with E-state index < -0.39 is 11.6 Å². The van der Waals surface area contributed by atoms with E-state index >= 15 is 0 Å². The van der Waals surface area contributed by atoms with Gasteiger partial charge in [0, 0.05) is 24.7 Å². The first-order valence-electron chi connectivity index (χ1n) is 5.52. The standard InChI is InChI=1S/C12H16F2N2/c1-16(10-5-6-15-7-10)8-9-3-2-4-11(13)12(9)14/h2-4,10,15H,5-8H2,1H3. The Kier molecular flexibility index (Phi) is 3.51. The Morgan fingerprint density at radius 3 is 2.94 bits per heavy atom. The first kappa shape index (κ1) is 11.5. The second-order valence-corrected chi connectivity index (χ2v) is 4.27. The molecule has 0 spiro atoms. The van der Waals surface area contributed by atoms with Crippen molar-refractivity contribution in [1.82, 2.24) is 10.2 Å². The predicted octanol–water partition coefficient (Wildman–Crippen LogP) is 1.76. The minimum atomic E-state index is -0.768. The SMILES string of the molecule is CN(Cc1cccc(F)c1F)C1CCNC1.